The van der Waals surface area contributed by atoms with Crippen LogP contribution in [0.1, 0.15) is 24.8 Å². The number of rotatable bonds is 6. The van der Waals surface area contributed by atoms with E-state index in [0.29, 0.717) is 17.6 Å². The summed E-state index contributed by atoms with van der Waals surface area (Å²) in [6.45, 7) is 6.56. The number of nitrogens with zero attached hydrogens (tertiary/aromatic N) is 5. The number of anilines is 4. The molecule has 6 rings (SSSR count). The van der Waals surface area contributed by atoms with Crippen LogP contribution in [0.4, 0.5) is 23.3 Å². The van der Waals surface area contributed by atoms with Crippen LogP contribution < -0.4 is 34.8 Å². The predicted octanol–water partition coefficient (Wildman–Crippen LogP) is 4.01. The predicted molar refractivity (Wildman–Crippen MR) is 155 cm³/mol. The van der Waals surface area contributed by atoms with E-state index in [2.05, 4.69) is 61.7 Å². The molecule has 0 aliphatic carbocycles. The van der Waals surface area contributed by atoms with Crippen molar-refractivity contribution in [1.82, 2.24) is 15.3 Å². The number of hydrogen-bond donors (Lipinski definition) is 2. The Morgan fingerprint density at radius 2 is 1.45 bits per heavy atom. The number of aromatic nitrogens is 2. The molecule has 38 heavy (non-hydrogen) atoms. The fourth-order valence-corrected chi connectivity index (χ4v) is 5.30. The van der Waals surface area contributed by atoms with Gasteiger partial charge in [0, 0.05) is 57.6 Å². The molecule has 3 aliphatic heterocycles. The third kappa shape index (κ3) is 5.70. The first-order chi connectivity index (χ1) is 18.7. The highest BCUT2D eigenvalue weighted by Gasteiger charge is 2.22. The second-order valence-electron chi connectivity index (χ2n) is 9.76. The average molecular weight is 532 g/mol. The summed E-state index contributed by atoms with van der Waals surface area (Å²) in [5, 5.41) is 6.99. The van der Waals surface area contributed by atoms with Gasteiger partial charge in [-0.2, -0.15) is 9.97 Å². The molecule has 3 aromatic rings. The standard InChI is InChI=1S/C28H33N7O2S/c38-28(29-19-21-9-10-23-24(17-21)37-20-36-23)32-27-30-25(34-11-5-2-6-12-34)18-26(31-27)35-15-13-33(14-16-35)22-7-3-1-4-8-22/h1,3-4,7-10,17-18H,2,5-6,11-16,19-20H2,(H2,29,30,31,32,38). The highest BCUT2D eigenvalue weighted by Crippen LogP contribution is 2.32. The van der Waals surface area contributed by atoms with E-state index in [4.69, 9.17) is 31.7 Å². The zero-order valence-corrected chi connectivity index (χ0v) is 22.3. The minimum atomic E-state index is 0.264. The number of ether oxygens (including phenoxy) is 2. The zero-order valence-electron chi connectivity index (χ0n) is 21.4. The Morgan fingerprint density at radius 3 is 2.21 bits per heavy atom. The molecule has 0 saturated carbocycles. The lowest BCUT2D eigenvalue weighted by molar-refractivity contribution is 0.174. The van der Waals surface area contributed by atoms with Gasteiger partial charge >= 0.3 is 0 Å². The molecule has 3 aliphatic rings. The van der Waals surface area contributed by atoms with Crippen molar-refractivity contribution in [2.24, 2.45) is 0 Å². The first-order valence-electron chi connectivity index (χ1n) is 13.3. The topological polar surface area (TPSA) is 78.0 Å². The quantitative estimate of drug-likeness (QED) is 0.456. The number of benzene rings is 2. The fourth-order valence-electron chi connectivity index (χ4n) is 5.14. The largest absolute Gasteiger partial charge is 0.454 e. The van der Waals surface area contributed by atoms with Crippen LogP contribution >= 0.6 is 12.2 Å². The third-order valence-electron chi connectivity index (χ3n) is 7.22. The maximum atomic E-state index is 5.61. The summed E-state index contributed by atoms with van der Waals surface area (Å²) in [5.41, 5.74) is 2.32. The number of nitrogens with one attached hydrogen (secondary N) is 2. The van der Waals surface area contributed by atoms with Crippen molar-refractivity contribution in [1.29, 1.82) is 0 Å². The van der Waals surface area contributed by atoms with Crippen LogP contribution in [0.25, 0.3) is 0 Å². The van der Waals surface area contributed by atoms with Gasteiger partial charge in [-0.1, -0.05) is 24.3 Å². The molecular formula is C28H33N7O2S. The van der Waals surface area contributed by atoms with Crippen molar-refractivity contribution >= 4 is 40.6 Å². The SMILES string of the molecule is S=C(NCc1ccc2c(c1)OCO2)Nc1nc(N2CCCCC2)cc(N2CCN(c3ccccc3)CC2)n1. The van der Waals surface area contributed by atoms with Crippen LogP contribution in [0.15, 0.2) is 54.6 Å². The summed E-state index contributed by atoms with van der Waals surface area (Å²) in [7, 11) is 0. The molecular weight excluding hydrogens is 498 g/mol. The molecule has 0 bridgehead atoms. The Hall–Kier alpha value is -3.79. The Labute approximate surface area is 228 Å². The minimum Gasteiger partial charge on any atom is -0.454 e. The smallest absolute Gasteiger partial charge is 0.232 e. The van der Waals surface area contributed by atoms with Crippen molar-refractivity contribution in [2.75, 3.05) is 66.1 Å². The molecule has 198 valence electrons. The molecule has 0 radical (unpaired) electrons. The van der Waals surface area contributed by atoms with Crippen molar-refractivity contribution in [3.8, 4) is 11.5 Å². The molecule has 0 atom stereocenters. The van der Waals surface area contributed by atoms with Gasteiger partial charge in [0.05, 0.1) is 0 Å². The lowest BCUT2D eigenvalue weighted by Gasteiger charge is -2.37. The van der Waals surface area contributed by atoms with Crippen LogP contribution in [0, 0.1) is 0 Å². The minimum absolute atomic E-state index is 0.264. The summed E-state index contributed by atoms with van der Waals surface area (Å²) in [6.07, 6.45) is 3.65. The van der Waals surface area contributed by atoms with E-state index in [0.717, 1.165) is 68.0 Å². The van der Waals surface area contributed by atoms with Gasteiger partial charge in [0.25, 0.3) is 0 Å². The highest BCUT2D eigenvalue weighted by atomic mass is 32.1. The lowest BCUT2D eigenvalue weighted by Crippen LogP contribution is -2.47. The zero-order chi connectivity index (χ0) is 25.7. The van der Waals surface area contributed by atoms with Crippen LogP contribution in [-0.2, 0) is 6.54 Å². The van der Waals surface area contributed by atoms with Crippen LogP contribution in [0.5, 0.6) is 11.5 Å². The molecule has 0 unspecified atom stereocenters. The van der Waals surface area contributed by atoms with E-state index >= 15 is 0 Å². The van der Waals surface area contributed by atoms with E-state index in [1.807, 2.05) is 18.2 Å². The van der Waals surface area contributed by atoms with Crippen molar-refractivity contribution in [3.63, 3.8) is 0 Å². The Kier molecular flexibility index (Phi) is 7.30. The summed E-state index contributed by atoms with van der Waals surface area (Å²) >= 11 is 5.61. The molecule has 9 nitrogen and oxygen atoms in total. The first kappa shape index (κ1) is 24.5. The monoisotopic (exact) mass is 531 g/mol. The van der Waals surface area contributed by atoms with E-state index in [9.17, 15) is 0 Å². The second-order valence-corrected chi connectivity index (χ2v) is 10.2. The number of piperazine rings is 1. The molecule has 4 heterocycles. The van der Waals surface area contributed by atoms with Gasteiger partial charge in [-0.25, -0.2) is 0 Å². The van der Waals surface area contributed by atoms with Gasteiger partial charge in [-0.15, -0.1) is 0 Å². The van der Waals surface area contributed by atoms with Gasteiger partial charge in [-0.3, -0.25) is 0 Å². The molecule has 2 aromatic carbocycles. The van der Waals surface area contributed by atoms with Crippen LogP contribution in [-0.4, -0.2) is 61.1 Å². The van der Waals surface area contributed by atoms with Crippen LogP contribution in [0.3, 0.4) is 0 Å². The maximum Gasteiger partial charge on any atom is 0.232 e. The Bertz CT molecular complexity index is 1260. The van der Waals surface area contributed by atoms with E-state index in [-0.39, 0.29) is 6.79 Å². The van der Waals surface area contributed by atoms with Gasteiger partial charge in [0.2, 0.25) is 12.7 Å². The van der Waals surface area contributed by atoms with Crippen LogP contribution in [0.2, 0.25) is 0 Å². The highest BCUT2D eigenvalue weighted by molar-refractivity contribution is 7.80. The molecule has 1 aromatic heterocycles. The normalized spacial score (nSPS) is 16.9. The summed E-state index contributed by atoms with van der Waals surface area (Å²) in [6, 6.07) is 18.6. The van der Waals surface area contributed by atoms with E-state index in [1.54, 1.807) is 0 Å². The molecule has 0 spiro atoms. The number of hydrogen-bond acceptors (Lipinski definition) is 8. The number of fused-ring (bicyclic) bond motifs is 1. The second kappa shape index (κ2) is 11.3. The van der Waals surface area contributed by atoms with Crippen molar-refractivity contribution in [2.45, 2.75) is 25.8 Å². The molecule has 10 heteroatoms. The van der Waals surface area contributed by atoms with E-state index < -0.39 is 0 Å². The maximum absolute atomic E-state index is 5.61. The number of para-hydroxylation sites is 1. The number of piperidine rings is 1. The van der Waals surface area contributed by atoms with Gasteiger partial charge in [0.1, 0.15) is 11.6 Å². The average Bonchev–Trinajstić information content (AvgIpc) is 3.45. The summed E-state index contributed by atoms with van der Waals surface area (Å²) in [4.78, 5) is 16.9. The molecule has 2 saturated heterocycles. The number of thiocarbonyl (C=S) groups is 1. The fraction of sp³-hybridized carbons (Fsp3) is 0.393. The van der Waals surface area contributed by atoms with Gasteiger partial charge in [-0.05, 0) is 61.3 Å². The lowest BCUT2D eigenvalue weighted by atomic mass is 10.1. The first-order valence-corrected chi connectivity index (χ1v) is 13.7. The third-order valence-corrected chi connectivity index (χ3v) is 7.47. The Balaban J connectivity index is 1.14. The van der Waals surface area contributed by atoms with Crippen molar-refractivity contribution in [3.05, 3.63) is 60.2 Å². The molecule has 0 amide bonds. The summed E-state index contributed by atoms with van der Waals surface area (Å²) in [5.74, 6) is 3.96. The molecule has 2 fully saturated rings. The Morgan fingerprint density at radius 1 is 0.763 bits per heavy atom. The summed E-state index contributed by atoms with van der Waals surface area (Å²) < 4.78 is 10.9. The van der Waals surface area contributed by atoms with Gasteiger partial charge in [0.15, 0.2) is 16.6 Å². The molecule has 2 N–H and O–H groups in total. The van der Waals surface area contributed by atoms with Gasteiger partial charge < -0.3 is 34.8 Å². The van der Waals surface area contributed by atoms with Crippen molar-refractivity contribution < 1.29 is 9.47 Å². The van der Waals surface area contributed by atoms with E-state index in [1.165, 1.54) is 24.9 Å².